The van der Waals surface area contributed by atoms with Crippen molar-refractivity contribution in [3.63, 3.8) is 0 Å². The molecule has 1 aromatic carbocycles. The second kappa shape index (κ2) is 5.93. The molecule has 0 saturated heterocycles. The summed E-state index contributed by atoms with van der Waals surface area (Å²) < 4.78 is 1.88. The fourth-order valence-corrected chi connectivity index (χ4v) is 2.35. The van der Waals surface area contributed by atoms with Gasteiger partial charge in [-0.1, -0.05) is 30.0 Å². The van der Waals surface area contributed by atoms with Crippen molar-refractivity contribution in [3.8, 4) is 5.69 Å². The van der Waals surface area contributed by atoms with Crippen LogP contribution in [0.5, 0.6) is 0 Å². The van der Waals surface area contributed by atoms with Crippen molar-refractivity contribution in [2.24, 2.45) is 0 Å². The fourth-order valence-electron chi connectivity index (χ4n) is 1.80. The average molecular weight is 275 g/mol. The number of nitrogens with zero attached hydrogens (tertiary/aromatic N) is 2. The Hall–Kier alpha value is -1.75. The first-order valence-electron chi connectivity index (χ1n) is 6.11. The zero-order valence-corrected chi connectivity index (χ0v) is 12.1. The van der Waals surface area contributed by atoms with Crippen LogP contribution in [0.4, 0.5) is 0 Å². The van der Waals surface area contributed by atoms with E-state index in [-0.39, 0.29) is 11.9 Å². The van der Waals surface area contributed by atoms with Gasteiger partial charge >= 0.3 is 0 Å². The van der Waals surface area contributed by atoms with E-state index in [9.17, 15) is 4.79 Å². The van der Waals surface area contributed by atoms with E-state index in [1.165, 1.54) is 11.8 Å². The Morgan fingerprint density at radius 2 is 2.00 bits per heavy atom. The molecule has 1 aromatic heterocycles. The number of amides is 1. The molecule has 0 aliphatic carbocycles. The summed E-state index contributed by atoms with van der Waals surface area (Å²) in [6.45, 7) is 3.88. The molecule has 0 unspecified atom stereocenters. The summed E-state index contributed by atoms with van der Waals surface area (Å²) in [5.74, 6) is -0.105. The number of hydrogen-bond donors (Lipinski definition) is 1. The highest BCUT2D eigenvalue weighted by molar-refractivity contribution is 7.98. The third-order valence-corrected chi connectivity index (χ3v) is 3.23. The third kappa shape index (κ3) is 2.98. The van der Waals surface area contributed by atoms with Gasteiger partial charge in [-0.2, -0.15) is 0 Å². The second-order valence-electron chi connectivity index (χ2n) is 4.43. The van der Waals surface area contributed by atoms with Crippen molar-refractivity contribution in [2.75, 3.05) is 6.26 Å². The number of para-hydroxylation sites is 1. The minimum atomic E-state index is -0.105. The van der Waals surface area contributed by atoms with Crippen LogP contribution >= 0.6 is 11.8 Å². The lowest BCUT2D eigenvalue weighted by atomic mass is 10.3. The number of hydrogen-bond acceptors (Lipinski definition) is 3. The molecule has 2 aromatic rings. The van der Waals surface area contributed by atoms with Crippen LogP contribution in [0.1, 0.15) is 24.3 Å². The topological polar surface area (TPSA) is 46.9 Å². The summed E-state index contributed by atoms with van der Waals surface area (Å²) >= 11 is 1.52. The van der Waals surface area contributed by atoms with Gasteiger partial charge < -0.3 is 5.32 Å². The zero-order chi connectivity index (χ0) is 13.8. The van der Waals surface area contributed by atoms with Crippen molar-refractivity contribution in [1.29, 1.82) is 0 Å². The normalized spacial score (nSPS) is 10.7. The van der Waals surface area contributed by atoms with Crippen LogP contribution in [-0.2, 0) is 0 Å². The number of rotatable bonds is 4. The number of nitrogens with one attached hydrogen (secondary N) is 1. The molecule has 1 heterocycles. The summed E-state index contributed by atoms with van der Waals surface area (Å²) in [5.41, 5.74) is 1.50. The first-order chi connectivity index (χ1) is 9.13. The van der Waals surface area contributed by atoms with Crippen LogP contribution in [0, 0.1) is 0 Å². The minimum Gasteiger partial charge on any atom is -0.349 e. The smallest absolute Gasteiger partial charge is 0.270 e. The SMILES string of the molecule is CSc1ncc(C(=O)NC(C)C)n1-c1ccccc1. The standard InChI is InChI=1S/C14H17N3OS/c1-10(2)16-13(18)12-9-15-14(19-3)17(12)11-7-5-4-6-8-11/h4-10H,1-3H3,(H,16,18). The molecule has 0 fully saturated rings. The first kappa shape index (κ1) is 13.7. The molecule has 4 nitrogen and oxygen atoms in total. The van der Waals surface area contributed by atoms with Gasteiger partial charge in [0.1, 0.15) is 5.69 Å². The molecule has 5 heteroatoms. The van der Waals surface area contributed by atoms with Gasteiger partial charge in [-0.05, 0) is 32.2 Å². The number of benzene rings is 1. The van der Waals surface area contributed by atoms with Crippen LogP contribution in [0.15, 0.2) is 41.7 Å². The van der Waals surface area contributed by atoms with Gasteiger partial charge in [0.2, 0.25) is 0 Å². The van der Waals surface area contributed by atoms with Crippen molar-refractivity contribution >= 4 is 17.7 Å². The van der Waals surface area contributed by atoms with Crippen molar-refractivity contribution in [3.05, 3.63) is 42.2 Å². The summed E-state index contributed by atoms with van der Waals surface area (Å²) in [5, 5.41) is 3.70. The highest BCUT2D eigenvalue weighted by Crippen LogP contribution is 2.21. The summed E-state index contributed by atoms with van der Waals surface area (Å²) in [4.78, 5) is 16.5. The Morgan fingerprint density at radius 3 is 2.58 bits per heavy atom. The van der Waals surface area contributed by atoms with E-state index in [1.54, 1.807) is 6.20 Å². The molecule has 100 valence electrons. The Labute approximate surface area is 117 Å². The van der Waals surface area contributed by atoms with E-state index in [4.69, 9.17) is 0 Å². The van der Waals surface area contributed by atoms with Crippen LogP contribution in [0.3, 0.4) is 0 Å². The van der Waals surface area contributed by atoms with Gasteiger partial charge in [-0.3, -0.25) is 9.36 Å². The molecular weight excluding hydrogens is 258 g/mol. The van der Waals surface area contributed by atoms with Crippen molar-refractivity contribution in [1.82, 2.24) is 14.9 Å². The van der Waals surface area contributed by atoms with Gasteiger partial charge in [0.15, 0.2) is 5.16 Å². The van der Waals surface area contributed by atoms with Gasteiger partial charge in [-0.15, -0.1) is 0 Å². The van der Waals surface area contributed by atoms with Gasteiger partial charge in [-0.25, -0.2) is 4.98 Å². The highest BCUT2D eigenvalue weighted by Gasteiger charge is 2.17. The lowest BCUT2D eigenvalue weighted by Crippen LogP contribution is -2.31. The van der Waals surface area contributed by atoms with Crippen molar-refractivity contribution < 1.29 is 4.79 Å². The van der Waals surface area contributed by atoms with E-state index >= 15 is 0 Å². The Balaban J connectivity index is 2.46. The molecule has 0 spiro atoms. The Kier molecular flexibility index (Phi) is 4.27. The molecule has 0 radical (unpaired) electrons. The largest absolute Gasteiger partial charge is 0.349 e. The third-order valence-electron chi connectivity index (χ3n) is 2.58. The maximum Gasteiger partial charge on any atom is 0.270 e. The van der Waals surface area contributed by atoms with Crippen LogP contribution in [0.2, 0.25) is 0 Å². The summed E-state index contributed by atoms with van der Waals surface area (Å²) in [6, 6.07) is 9.88. The van der Waals surface area contributed by atoms with Crippen molar-refractivity contribution in [2.45, 2.75) is 25.0 Å². The molecule has 0 aliphatic heterocycles. The molecule has 19 heavy (non-hydrogen) atoms. The molecular formula is C14H17N3OS. The molecule has 0 bridgehead atoms. The van der Waals surface area contributed by atoms with Gasteiger partial charge in [0, 0.05) is 11.7 Å². The first-order valence-corrected chi connectivity index (χ1v) is 7.34. The number of carbonyl (C=O) groups is 1. The lowest BCUT2D eigenvalue weighted by molar-refractivity contribution is 0.0935. The fraction of sp³-hybridized carbons (Fsp3) is 0.286. The molecule has 1 N–H and O–H groups in total. The quantitative estimate of drug-likeness (QED) is 0.873. The number of imidazole rings is 1. The number of carbonyl (C=O) groups excluding carboxylic acids is 1. The second-order valence-corrected chi connectivity index (χ2v) is 5.20. The molecule has 1 amide bonds. The van der Waals surface area contributed by atoms with E-state index < -0.39 is 0 Å². The number of aromatic nitrogens is 2. The zero-order valence-electron chi connectivity index (χ0n) is 11.3. The van der Waals surface area contributed by atoms with E-state index in [2.05, 4.69) is 10.3 Å². The number of thioether (sulfide) groups is 1. The molecule has 2 rings (SSSR count). The summed E-state index contributed by atoms with van der Waals surface area (Å²) in [7, 11) is 0. The minimum absolute atomic E-state index is 0.101. The van der Waals surface area contributed by atoms with E-state index in [0.717, 1.165) is 10.8 Å². The van der Waals surface area contributed by atoms with Gasteiger partial charge in [0.25, 0.3) is 5.91 Å². The van der Waals surface area contributed by atoms with E-state index in [1.807, 2.05) is 55.0 Å². The maximum absolute atomic E-state index is 12.2. The molecule has 0 saturated carbocycles. The van der Waals surface area contributed by atoms with Crippen LogP contribution in [-0.4, -0.2) is 27.8 Å². The Bertz CT molecular complexity index is 563. The van der Waals surface area contributed by atoms with Crippen LogP contribution in [0.25, 0.3) is 5.69 Å². The summed E-state index contributed by atoms with van der Waals surface area (Å²) in [6.07, 6.45) is 3.57. The highest BCUT2D eigenvalue weighted by atomic mass is 32.2. The molecule has 0 atom stereocenters. The maximum atomic E-state index is 12.2. The Morgan fingerprint density at radius 1 is 1.32 bits per heavy atom. The monoisotopic (exact) mass is 275 g/mol. The van der Waals surface area contributed by atoms with Gasteiger partial charge in [0.05, 0.1) is 6.20 Å². The lowest BCUT2D eigenvalue weighted by Gasteiger charge is -2.12. The average Bonchev–Trinajstić information content (AvgIpc) is 2.82. The predicted molar refractivity (Wildman–Crippen MR) is 77.9 cm³/mol. The molecule has 0 aliphatic rings. The van der Waals surface area contributed by atoms with Crippen LogP contribution < -0.4 is 5.32 Å². The van der Waals surface area contributed by atoms with E-state index in [0.29, 0.717) is 5.69 Å². The predicted octanol–water partition coefficient (Wildman–Crippen LogP) is 2.73.